The third-order valence-electron chi connectivity index (χ3n) is 2.24. The Kier molecular flexibility index (Phi) is 3.07. The maximum absolute atomic E-state index is 12.5. The lowest BCUT2D eigenvalue weighted by Gasteiger charge is -2.08. The van der Waals surface area contributed by atoms with E-state index in [4.69, 9.17) is 11.6 Å². The maximum Gasteiger partial charge on any atom is 0.433 e. The van der Waals surface area contributed by atoms with Crippen LogP contribution in [0.5, 0.6) is 0 Å². The molecule has 1 nitrogen and oxygen atoms in total. The van der Waals surface area contributed by atoms with Crippen LogP contribution in [0.2, 0.25) is 5.02 Å². The standard InChI is InChI=1S/C12H7ClF3N/c13-10-4-2-1-3-9(10)8-5-6-17-11(7-8)12(14,15)16/h1-7H. The van der Waals surface area contributed by atoms with Gasteiger partial charge in [-0.3, -0.25) is 4.98 Å². The first kappa shape index (κ1) is 11.9. The second-order valence-electron chi connectivity index (χ2n) is 3.41. The molecule has 0 N–H and O–H groups in total. The second kappa shape index (κ2) is 4.37. The minimum atomic E-state index is -4.45. The van der Waals surface area contributed by atoms with Crippen LogP contribution in [0.25, 0.3) is 11.1 Å². The van der Waals surface area contributed by atoms with Gasteiger partial charge < -0.3 is 0 Å². The van der Waals surface area contributed by atoms with Gasteiger partial charge in [0.25, 0.3) is 0 Å². The Balaban J connectivity index is 2.51. The molecule has 0 fully saturated rings. The Morgan fingerprint density at radius 2 is 1.76 bits per heavy atom. The van der Waals surface area contributed by atoms with Crippen LogP contribution in [0.3, 0.4) is 0 Å². The number of benzene rings is 1. The number of pyridine rings is 1. The molecule has 5 heteroatoms. The molecule has 2 rings (SSSR count). The molecule has 0 bridgehead atoms. The van der Waals surface area contributed by atoms with Gasteiger partial charge in [-0.05, 0) is 23.8 Å². The first-order valence-corrected chi connectivity index (χ1v) is 5.14. The summed E-state index contributed by atoms with van der Waals surface area (Å²) in [6.45, 7) is 0. The fourth-order valence-corrected chi connectivity index (χ4v) is 1.69. The molecule has 0 atom stereocenters. The minimum absolute atomic E-state index is 0.401. The van der Waals surface area contributed by atoms with Crippen LogP contribution in [-0.2, 0) is 6.18 Å². The molecule has 1 heterocycles. The van der Waals surface area contributed by atoms with E-state index >= 15 is 0 Å². The van der Waals surface area contributed by atoms with Crippen LogP contribution < -0.4 is 0 Å². The third kappa shape index (κ3) is 2.58. The van der Waals surface area contributed by atoms with Crippen molar-refractivity contribution in [2.75, 3.05) is 0 Å². The number of halogens is 4. The van der Waals surface area contributed by atoms with Crippen molar-refractivity contribution >= 4 is 11.6 Å². The molecule has 2 aromatic rings. The van der Waals surface area contributed by atoms with Crippen molar-refractivity contribution in [3.63, 3.8) is 0 Å². The molecular weight excluding hydrogens is 251 g/mol. The summed E-state index contributed by atoms with van der Waals surface area (Å²) in [6, 6.07) is 9.21. The van der Waals surface area contributed by atoms with Gasteiger partial charge >= 0.3 is 6.18 Å². The van der Waals surface area contributed by atoms with Gasteiger partial charge in [0.05, 0.1) is 0 Å². The van der Waals surface area contributed by atoms with E-state index in [1.54, 1.807) is 24.3 Å². The normalized spacial score (nSPS) is 11.5. The van der Waals surface area contributed by atoms with Crippen molar-refractivity contribution in [2.24, 2.45) is 0 Å². The molecule has 0 aliphatic heterocycles. The van der Waals surface area contributed by atoms with E-state index in [0.717, 1.165) is 12.3 Å². The van der Waals surface area contributed by atoms with E-state index in [1.807, 2.05) is 0 Å². The molecule has 17 heavy (non-hydrogen) atoms. The van der Waals surface area contributed by atoms with Gasteiger partial charge in [-0.15, -0.1) is 0 Å². The Labute approximate surface area is 101 Å². The summed E-state index contributed by atoms with van der Waals surface area (Å²) in [4.78, 5) is 3.30. The zero-order valence-corrected chi connectivity index (χ0v) is 9.26. The summed E-state index contributed by atoms with van der Waals surface area (Å²) in [7, 11) is 0. The predicted molar refractivity (Wildman–Crippen MR) is 59.7 cm³/mol. The smallest absolute Gasteiger partial charge is 0.252 e. The fraction of sp³-hybridized carbons (Fsp3) is 0.0833. The quantitative estimate of drug-likeness (QED) is 0.737. The van der Waals surface area contributed by atoms with Crippen molar-refractivity contribution in [3.05, 3.63) is 53.3 Å². The molecule has 0 amide bonds. The zero-order chi connectivity index (χ0) is 12.5. The lowest BCUT2D eigenvalue weighted by Crippen LogP contribution is -2.07. The molecule has 0 unspecified atom stereocenters. The van der Waals surface area contributed by atoms with Gasteiger partial charge in [-0.25, -0.2) is 0 Å². The number of hydrogen-bond donors (Lipinski definition) is 0. The van der Waals surface area contributed by atoms with Crippen molar-refractivity contribution in [2.45, 2.75) is 6.18 Å². The lowest BCUT2D eigenvalue weighted by atomic mass is 10.1. The summed E-state index contributed by atoms with van der Waals surface area (Å²) < 4.78 is 37.5. The van der Waals surface area contributed by atoms with Crippen LogP contribution in [-0.4, -0.2) is 4.98 Å². The number of alkyl halides is 3. The summed E-state index contributed by atoms with van der Waals surface area (Å²) in [5, 5.41) is 0.409. The van der Waals surface area contributed by atoms with Crippen molar-refractivity contribution < 1.29 is 13.2 Å². The van der Waals surface area contributed by atoms with Crippen molar-refractivity contribution in [1.29, 1.82) is 0 Å². The van der Waals surface area contributed by atoms with Gasteiger partial charge in [0.2, 0.25) is 0 Å². The van der Waals surface area contributed by atoms with E-state index in [2.05, 4.69) is 4.98 Å². The van der Waals surface area contributed by atoms with Crippen molar-refractivity contribution in [3.8, 4) is 11.1 Å². The Morgan fingerprint density at radius 1 is 1.06 bits per heavy atom. The topological polar surface area (TPSA) is 12.9 Å². The summed E-state index contributed by atoms with van der Waals surface area (Å²) in [5.41, 5.74) is 0.0370. The SMILES string of the molecule is FC(F)(F)c1cc(-c2ccccc2Cl)ccn1. The maximum atomic E-state index is 12.5. The highest BCUT2D eigenvalue weighted by Gasteiger charge is 2.32. The molecule has 0 saturated carbocycles. The number of aromatic nitrogens is 1. The highest BCUT2D eigenvalue weighted by atomic mass is 35.5. The number of nitrogens with zero attached hydrogens (tertiary/aromatic N) is 1. The van der Waals surface area contributed by atoms with Crippen LogP contribution in [0.15, 0.2) is 42.6 Å². The van der Waals surface area contributed by atoms with E-state index in [1.165, 1.54) is 6.07 Å². The number of rotatable bonds is 1. The van der Waals surface area contributed by atoms with E-state index in [0.29, 0.717) is 16.1 Å². The molecule has 0 aliphatic rings. The van der Waals surface area contributed by atoms with Gasteiger partial charge in [0, 0.05) is 16.8 Å². The second-order valence-corrected chi connectivity index (χ2v) is 3.81. The van der Waals surface area contributed by atoms with Gasteiger partial charge in [0.1, 0.15) is 5.69 Å². The Hall–Kier alpha value is -1.55. The third-order valence-corrected chi connectivity index (χ3v) is 2.56. The van der Waals surface area contributed by atoms with Gasteiger partial charge in [0.15, 0.2) is 0 Å². The Morgan fingerprint density at radius 3 is 2.41 bits per heavy atom. The molecule has 0 radical (unpaired) electrons. The highest BCUT2D eigenvalue weighted by molar-refractivity contribution is 6.33. The average Bonchev–Trinajstić information content (AvgIpc) is 2.29. The molecular formula is C12H7ClF3N. The summed E-state index contributed by atoms with van der Waals surface area (Å²) in [6.07, 6.45) is -3.32. The lowest BCUT2D eigenvalue weighted by molar-refractivity contribution is -0.141. The zero-order valence-electron chi connectivity index (χ0n) is 8.50. The van der Waals surface area contributed by atoms with Gasteiger partial charge in [-0.1, -0.05) is 29.8 Å². The summed E-state index contributed by atoms with van der Waals surface area (Å²) >= 11 is 5.92. The van der Waals surface area contributed by atoms with Crippen LogP contribution >= 0.6 is 11.6 Å². The molecule has 0 saturated heterocycles. The van der Waals surface area contributed by atoms with Crippen LogP contribution in [0, 0.1) is 0 Å². The largest absolute Gasteiger partial charge is 0.433 e. The first-order chi connectivity index (χ1) is 7.98. The predicted octanol–water partition coefficient (Wildman–Crippen LogP) is 4.42. The van der Waals surface area contributed by atoms with E-state index in [-0.39, 0.29) is 0 Å². The summed E-state index contributed by atoms with van der Waals surface area (Å²) in [5.74, 6) is 0. The monoisotopic (exact) mass is 257 g/mol. The van der Waals surface area contributed by atoms with Gasteiger partial charge in [-0.2, -0.15) is 13.2 Å². The molecule has 0 aliphatic carbocycles. The molecule has 0 spiro atoms. The van der Waals surface area contributed by atoms with Crippen LogP contribution in [0.1, 0.15) is 5.69 Å². The van der Waals surface area contributed by atoms with E-state index in [9.17, 15) is 13.2 Å². The first-order valence-electron chi connectivity index (χ1n) is 4.76. The van der Waals surface area contributed by atoms with E-state index < -0.39 is 11.9 Å². The number of hydrogen-bond acceptors (Lipinski definition) is 1. The highest BCUT2D eigenvalue weighted by Crippen LogP contribution is 2.32. The molecule has 1 aromatic carbocycles. The molecule has 1 aromatic heterocycles. The fourth-order valence-electron chi connectivity index (χ4n) is 1.45. The van der Waals surface area contributed by atoms with Crippen molar-refractivity contribution in [1.82, 2.24) is 4.98 Å². The van der Waals surface area contributed by atoms with Crippen LogP contribution in [0.4, 0.5) is 13.2 Å². The Bertz CT molecular complexity index is 537. The molecule has 88 valence electrons. The minimum Gasteiger partial charge on any atom is -0.252 e. The average molecular weight is 258 g/mol.